The lowest BCUT2D eigenvalue weighted by Crippen LogP contribution is -2.37. The number of rotatable bonds is 14. The van der Waals surface area contributed by atoms with E-state index in [4.69, 9.17) is 18.5 Å². The Kier molecular flexibility index (Phi) is 18.0. The zero-order valence-electron chi connectivity index (χ0n) is 21.8. The van der Waals surface area contributed by atoms with E-state index >= 15 is 0 Å². The van der Waals surface area contributed by atoms with E-state index in [1.54, 1.807) is 0 Å². The second kappa shape index (κ2) is 19.4. The van der Waals surface area contributed by atoms with Gasteiger partial charge in [-0.3, -0.25) is 14.2 Å². The first-order valence-electron chi connectivity index (χ1n) is 11.7. The smallest absolute Gasteiger partial charge is 0.307 e. The molecule has 0 aliphatic rings. The lowest BCUT2D eigenvalue weighted by atomic mass is 10.3. The number of carbonyl (C=O) groups excluding carboxylic acids is 2. The Morgan fingerprint density at radius 3 is 1.89 bits per heavy atom. The molecular weight excluding hydrogens is 485 g/mol. The van der Waals surface area contributed by atoms with Gasteiger partial charge in [0.2, 0.25) is 0 Å². The van der Waals surface area contributed by atoms with E-state index in [2.05, 4.69) is 47.4 Å². The van der Waals surface area contributed by atoms with Crippen LogP contribution in [0.15, 0.2) is 0 Å². The highest BCUT2D eigenvalue weighted by Gasteiger charge is 2.21. The van der Waals surface area contributed by atoms with Crippen LogP contribution < -0.4 is 4.89 Å². The fourth-order valence-electron chi connectivity index (χ4n) is 2.06. The van der Waals surface area contributed by atoms with Crippen molar-refractivity contribution in [3.63, 3.8) is 0 Å². The molecule has 0 N–H and O–H groups in total. The molecule has 0 aliphatic carbocycles. The van der Waals surface area contributed by atoms with Gasteiger partial charge in [0.1, 0.15) is 19.8 Å². The highest BCUT2D eigenvalue weighted by atomic mass is 31.2. The summed E-state index contributed by atoms with van der Waals surface area (Å²) in [6, 6.07) is 0. The number of likely N-dealkylation sites (N-methyl/N-ethyl adjacent to an activating group) is 1. The summed E-state index contributed by atoms with van der Waals surface area (Å²) < 4.78 is 32.6. The van der Waals surface area contributed by atoms with Crippen molar-refractivity contribution in [2.45, 2.75) is 58.5 Å². The normalized spacial score (nSPS) is 12.5. The van der Waals surface area contributed by atoms with E-state index in [0.29, 0.717) is 23.9 Å². The van der Waals surface area contributed by atoms with Crippen molar-refractivity contribution in [2.24, 2.45) is 0 Å². The van der Waals surface area contributed by atoms with Gasteiger partial charge in [-0.05, 0) is 23.7 Å². The van der Waals surface area contributed by atoms with Crippen molar-refractivity contribution < 1.29 is 42.1 Å². The van der Waals surface area contributed by atoms with Gasteiger partial charge >= 0.3 is 11.9 Å². The number of hydrogen-bond donors (Lipinski definition) is 0. The predicted molar refractivity (Wildman–Crippen MR) is 133 cm³/mol. The molecule has 0 fully saturated rings. The van der Waals surface area contributed by atoms with Crippen LogP contribution in [-0.4, -0.2) is 70.0 Å². The number of carbonyl (C=O) groups is 2. The van der Waals surface area contributed by atoms with Crippen molar-refractivity contribution in [1.29, 1.82) is 0 Å². The van der Waals surface area contributed by atoms with Gasteiger partial charge in [-0.1, -0.05) is 37.5 Å². The minimum atomic E-state index is -4.65. The number of phosphoric acid groups is 1. The quantitative estimate of drug-likeness (QED) is 0.148. The van der Waals surface area contributed by atoms with Crippen LogP contribution in [0, 0.1) is 47.4 Å². The number of quaternary nitrogens is 1. The van der Waals surface area contributed by atoms with Gasteiger partial charge in [0.05, 0.1) is 40.6 Å². The standard InChI is InChI=1S/C26H36NO8P/c1-6-8-10-12-14-16-18-25(28)32-22-24(35-26(29)19-17-15-13-11-9-7-2)23-34-36(30,31)33-21-20-27(3,4)5/h24H,6-7,16-23H2,1-5H3/t24-/m1/s1. The summed E-state index contributed by atoms with van der Waals surface area (Å²) in [5.74, 6) is 20.3. The average molecular weight is 522 g/mol. The van der Waals surface area contributed by atoms with Crippen molar-refractivity contribution in [3.05, 3.63) is 0 Å². The summed E-state index contributed by atoms with van der Waals surface area (Å²) >= 11 is 0. The molecule has 0 aliphatic heterocycles. The van der Waals surface area contributed by atoms with Gasteiger partial charge in [-0.2, -0.15) is 0 Å². The fourth-order valence-corrected chi connectivity index (χ4v) is 2.79. The summed E-state index contributed by atoms with van der Waals surface area (Å²) in [5, 5.41) is 0. The minimum Gasteiger partial charge on any atom is -0.756 e. The molecule has 0 aromatic carbocycles. The molecule has 0 spiro atoms. The van der Waals surface area contributed by atoms with E-state index in [1.165, 1.54) is 0 Å². The number of hydrogen-bond acceptors (Lipinski definition) is 8. The first-order valence-corrected chi connectivity index (χ1v) is 13.1. The monoisotopic (exact) mass is 521 g/mol. The zero-order chi connectivity index (χ0) is 27.3. The number of phosphoric ester groups is 1. The largest absolute Gasteiger partial charge is 0.756 e. The lowest BCUT2D eigenvalue weighted by Gasteiger charge is -2.28. The van der Waals surface area contributed by atoms with Gasteiger partial charge in [0.15, 0.2) is 6.10 Å². The molecule has 0 saturated heterocycles. The molecule has 0 saturated carbocycles. The molecular formula is C26H36NO8P. The summed E-state index contributed by atoms with van der Waals surface area (Å²) in [6.07, 6.45) is 0.626. The van der Waals surface area contributed by atoms with Crippen LogP contribution in [-0.2, 0) is 32.7 Å². The SMILES string of the molecule is CCC#CC#CCCC(=O)OC[C@H](COP(=O)([O-])OCC[N+](C)(C)C)OC(=O)CCC#CC#CCC. The van der Waals surface area contributed by atoms with E-state index in [0.717, 1.165) is 0 Å². The molecule has 0 heterocycles. The maximum Gasteiger partial charge on any atom is 0.307 e. The first-order chi connectivity index (χ1) is 17.0. The Hall–Kier alpha value is -2.75. The van der Waals surface area contributed by atoms with Crippen LogP contribution in [0.4, 0.5) is 0 Å². The second-order valence-electron chi connectivity index (χ2n) is 8.30. The van der Waals surface area contributed by atoms with Crippen LogP contribution in [0.2, 0.25) is 0 Å². The Labute approximate surface area is 215 Å². The molecule has 0 bridgehead atoms. The highest BCUT2D eigenvalue weighted by Crippen LogP contribution is 2.38. The van der Waals surface area contributed by atoms with Crippen molar-refractivity contribution >= 4 is 19.8 Å². The molecule has 1 unspecified atom stereocenters. The maximum atomic E-state index is 12.2. The Bertz CT molecular complexity index is 986. The molecule has 0 radical (unpaired) electrons. The van der Waals surface area contributed by atoms with Gasteiger partial charge in [-0.25, -0.2) is 0 Å². The van der Waals surface area contributed by atoms with Crippen LogP contribution in [0.25, 0.3) is 0 Å². The number of esters is 2. The molecule has 198 valence electrons. The van der Waals surface area contributed by atoms with Crippen LogP contribution in [0.1, 0.15) is 52.4 Å². The Morgan fingerprint density at radius 1 is 0.833 bits per heavy atom. The topological polar surface area (TPSA) is 111 Å². The predicted octanol–water partition coefficient (Wildman–Crippen LogP) is 2.04. The van der Waals surface area contributed by atoms with Crippen molar-refractivity contribution in [3.8, 4) is 47.4 Å². The maximum absolute atomic E-state index is 12.2. The molecule has 10 heteroatoms. The fraction of sp³-hybridized carbons (Fsp3) is 0.615. The Balaban J connectivity index is 4.88. The molecule has 0 aromatic heterocycles. The van der Waals surface area contributed by atoms with Gasteiger partial charge in [0.25, 0.3) is 7.82 Å². The average Bonchev–Trinajstić information content (AvgIpc) is 2.79. The summed E-state index contributed by atoms with van der Waals surface area (Å²) in [4.78, 5) is 36.2. The van der Waals surface area contributed by atoms with E-state index in [1.807, 2.05) is 35.0 Å². The van der Waals surface area contributed by atoms with Gasteiger partial charge < -0.3 is 27.9 Å². The molecule has 9 nitrogen and oxygen atoms in total. The number of nitrogens with zero attached hydrogens (tertiary/aromatic N) is 1. The van der Waals surface area contributed by atoms with E-state index in [-0.39, 0.29) is 38.9 Å². The first kappa shape index (κ1) is 33.2. The molecule has 0 amide bonds. The molecule has 0 aromatic rings. The molecule has 0 rings (SSSR count). The van der Waals surface area contributed by atoms with E-state index in [9.17, 15) is 19.0 Å². The van der Waals surface area contributed by atoms with Crippen LogP contribution in [0.5, 0.6) is 0 Å². The van der Waals surface area contributed by atoms with E-state index < -0.39 is 32.5 Å². The third-order valence-electron chi connectivity index (χ3n) is 3.90. The zero-order valence-corrected chi connectivity index (χ0v) is 22.7. The van der Waals surface area contributed by atoms with Crippen LogP contribution >= 0.6 is 7.82 Å². The summed E-state index contributed by atoms with van der Waals surface area (Å²) in [7, 11) is 0.999. The third kappa shape index (κ3) is 21.8. The summed E-state index contributed by atoms with van der Waals surface area (Å²) in [5.41, 5.74) is 0. The van der Waals surface area contributed by atoms with Crippen LogP contribution in [0.3, 0.4) is 0 Å². The minimum absolute atomic E-state index is 0.00489. The summed E-state index contributed by atoms with van der Waals surface area (Å²) in [6.45, 7) is 3.20. The van der Waals surface area contributed by atoms with Crippen molar-refractivity contribution in [2.75, 3.05) is 47.5 Å². The van der Waals surface area contributed by atoms with Gasteiger partial charge in [0, 0.05) is 25.7 Å². The lowest BCUT2D eigenvalue weighted by molar-refractivity contribution is -0.870. The Morgan fingerprint density at radius 2 is 1.36 bits per heavy atom. The molecule has 36 heavy (non-hydrogen) atoms. The van der Waals surface area contributed by atoms with Gasteiger partial charge in [-0.15, -0.1) is 0 Å². The second-order valence-corrected chi connectivity index (χ2v) is 9.71. The third-order valence-corrected chi connectivity index (χ3v) is 4.86. The van der Waals surface area contributed by atoms with Crippen molar-refractivity contribution in [1.82, 2.24) is 0 Å². The number of ether oxygens (including phenoxy) is 2. The highest BCUT2D eigenvalue weighted by molar-refractivity contribution is 7.45. The molecule has 2 atom stereocenters.